The van der Waals surface area contributed by atoms with Gasteiger partial charge in [0.2, 0.25) is 0 Å². The second-order valence-electron chi connectivity index (χ2n) is 17.0. The molecular weight excluding hydrogens is 792 g/mol. The Morgan fingerprint density at radius 2 is 0.619 bits per heavy atom. The van der Waals surface area contributed by atoms with Crippen molar-refractivity contribution in [3.63, 3.8) is 0 Å². The van der Waals surface area contributed by atoms with Gasteiger partial charge < -0.3 is 28.4 Å². The fourth-order valence-electron chi connectivity index (χ4n) is 7.96. The van der Waals surface area contributed by atoms with E-state index in [9.17, 15) is 9.18 Å². The molecule has 7 nitrogen and oxygen atoms in total. The first-order valence-electron chi connectivity index (χ1n) is 24.6. The van der Waals surface area contributed by atoms with Crippen LogP contribution in [0.4, 0.5) is 4.39 Å². The van der Waals surface area contributed by atoms with E-state index in [1.54, 1.807) is 0 Å². The third kappa shape index (κ3) is 14.9. The third-order valence-electron chi connectivity index (χ3n) is 11.7. The summed E-state index contributed by atoms with van der Waals surface area (Å²) in [6.45, 7) is 13.9. The highest BCUT2D eigenvalue weighted by atomic mass is 19.1. The van der Waals surface area contributed by atoms with Crippen molar-refractivity contribution in [2.75, 3.05) is 33.0 Å². The van der Waals surface area contributed by atoms with Crippen molar-refractivity contribution in [1.82, 2.24) is 0 Å². The molecule has 8 heteroatoms. The van der Waals surface area contributed by atoms with Crippen LogP contribution in [0.2, 0.25) is 0 Å². The molecule has 0 saturated heterocycles. The van der Waals surface area contributed by atoms with Gasteiger partial charge in [-0.3, -0.25) is 0 Å². The van der Waals surface area contributed by atoms with Crippen molar-refractivity contribution in [3.05, 3.63) is 72.0 Å². The van der Waals surface area contributed by atoms with Crippen LogP contribution < -0.4 is 28.4 Å². The first kappa shape index (κ1) is 49.3. The zero-order valence-corrected chi connectivity index (χ0v) is 39.2. The second-order valence-corrected chi connectivity index (χ2v) is 17.0. The van der Waals surface area contributed by atoms with E-state index in [1.165, 1.54) is 43.5 Å². The standard InChI is InChI=1S/C55H75FO7/c1-6-11-16-21-30-58-49-35-43-44-36-50(59-31-22-17-12-7-2)52(61-33-24-19-14-9-4)38-46(44)48-40-54(63-55(57)41-26-28-42(56)29-27-41)53(62-34-25-20-15-10-5)39-47(48)45(43)37-51(49)60-32-23-18-13-8-3/h26-29,35-40H,6-25,30-34H2,1-5H3. The normalized spacial score (nSPS) is 11.4. The van der Waals surface area contributed by atoms with Gasteiger partial charge in [0.15, 0.2) is 34.5 Å². The number of halogens is 1. The Kier molecular flexibility index (Phi) is 21.5. The van der Waals surface area contributed by atoms with Crippen molar-refractivity contribution in [2.45, 2.75) is 163 Å². The Labute approximate surface area is 377 Å². The van der Waals surface area contributed by atoms with Gasteiger partial charge in [-0.25, -0.2) is 9.18 Å². The van der Waals surface area contributed by atoms with Crippen molar-refractivity contribution in [3.8, 4) is 34.5 Å². The monoisotopic (exact) mass is 867 g/mol. The summed E-state index contributed by atoms with van der Waals surface area (Å²) in [5, 5.41) is 5.65. The highest BCUT2D eigenvalue weighted by Gasteiger charge is 2.22. The largest absolute Gasteiger partial charge is 0.490 e. The number of esters is 1. The van der Waals surface area contributed by atoms with Gasteiger partial charge >= 0.3 is 5.97 Å². The Morgan fingerprint density at radius 3 is 0.889 bits per heavy atom. The summed E-state index contributed by atoms with van der Waals surface area (Å²) >= 11 is 0. The minimum atomic E-state index is -0.593. The number of rotatable bonds is 32. The lowest BCUT2D eigenvalue weighted by atomic mass is 9.93. The Morgan fingerprint density at radius 1 is 0.365 bits per heavy atom. The lowest BCUT2D eigenvalue weighted by molar-refractivity contribution is 0.0728. The molecule has 0 saturated carbocycles. The Balaban J connectivity index is 1.74. The number of carbonyl (C=O) groups is 1. The quantitative estimate of drug-likeness (QED) is 0.0184. The molecule has 0 unspecified atom stereocenters. The summed E-state index contributed by atoms with van der Waals surface area (Å²) < 4.78 is 53.0. The predicted octanol–water partition coefficient (Wildman–Crippen LogP) is 16.3. The first-order chi connectivity index (χ1) is 30.9. The summed E-state index contributed by atoms with van der Waals surface area (Å²) in [7, 11) is 0. The van der Waals surface area contributed by atoms with Crippen LogP contribution in [0, 0.1) is 5.82 Å². The van der Waals surface area contributed by atoms with Crippen molar-refractivity contribution in [1.29, 1.82) is 0 Å². The van der Waals surface area contributed by atoms with E-state index in [1.807, 2.05) is 12.1 Å². The van der Waals surface area contributed by atoms with Gasteiger partial charge in [0.05, 0.1) is 38.6 Å². The molecular formula is C55H75FO7. The molecule has 5 aromatic rings. The molecule has 0 bridgehead atoms. The second kappa shape index (κ2) is 27.5. The molecule has 0 heterocycles. The van der Waals surface area contributed by atoms with Gasteiger partial charge in [-0.05, 0) is 125 Å². The summed E-state index contributed by atoms with van der Waals surface area (Å²) in [6, 6.07) is 17.8. The molecule has 5 aromatic carbocycles. The number of ether oxygens (including phenoxy) is 6. The van der Waals surface area contributed by atoms with Crippen molar-refractivity contribution in [2.24, 2.45) is 0 Å². The van der Waals surface area contributed by atoms with Crippen molar-refractivity contribution < 1.29 is 37.6 Å². The molecule has 0 amide bonds. The molecule has 0 atom stereocenters. The van der Waals surface area contributed by atoms with E-state index in [0.717, 1.165) is 147 Å². The minimum absolute atomic E-state index is 0.246. The van der Waals surface area contributed by atoms with Crippen LogP contribution in [0.25, 0.3) is 32.3 Å². The molecule has 0 aliphatic heterocycles. The van der Waals surface area contributed by atoms with Gasteiger partial charge in [-0.1, -0.05) is 131 Å². The number of hydrogen-bond acceptors (Lipinski definition) is 7. The molecule has 0 spiro atoms. The summed E-state index contributed by atoms with van der Waals surface area (Å²) in [5.41, 5.74) is 0.246. The van der Waals surface area contributed by atoms with Gasteiger partial charge in [0, 0.05) is 0 Å². The fourth-order valence-corrected chi connectivity index (χ4v) is 7.96. The average molecular weight is 867 g/mol. The maximum absolute atomic E-state index is 13.9. The van der Waals surface area contributed by atoms with E-state index in [0.29, 0.717) is 61.8 Å². The van der Waals surface area contributed by atoms with Gasteiger partial charge in [-0.2, -0.15) is 0 Å². The maximum atomic E-state index is 13.9. The molecule has 344 valence electrons. The van der Waals surface area contributed by atoms with Crippen LogP contribution in [-0.4, -0.2) is 39.0 Å². The van der Waals surface area contributed by atoms with Gasteiger partial charge in [0.1, 0.15) is 5.82 Å². The predicted molar refractivity (Wildman–Crippen MR) is 259 cm³/mol. The van der Waals surface area contributed by atoms with Crippen LogP contribution in [0.15, 0.2) is 60.7 Å². The van der Waals surface area contributed by atoms with Crippen LogP contribution in [0.1, 0.15) is 173 Å². The Hall–Kier alpha value is -4.72. The van der Waals surface area contributed by atoms with Crippen LogP contribution >= 0.6 is 0 Å². The van der Waals surface area contributed by atoms with E-state index < -0.39 is 11.8 Å². The molecule has 0 aliphatic rings. The maximum Gasteiger partial charge on any atom is 0.343 e. The summed E-state index contributed by atoms with van der Waals surface area (Å²) in [4.78, 5) is 13.7. The molecule has 5 rings (SSSR count). The highest BCUT2D eigenvalue weighted by molar-refractivity contribution is 6.27. The van der Waals surface area contributed by atoms with Crippen LogP contribution in [0.5, 0.6) is 34.5 Å². The molecule has 63 heavy (non-hydrogen) atoms. The number of unbranched alkanes of at least 4 members (excludes halogenated alkanes) is 15. The number of hydrogen-bond donors (Lipinski definition) is 0. The number of benzene rings is 5. The fraction of sp³-hybridized carbons (Fsp3) is 0.545. The third-order valence-corrected chi connectivity index (χ3v) is 11.7. The molecule has 0 aliphatic carbocycles. The van der Waals surface area contributed by atoms with E-state index in [4.69, 9.17) is 28.4 Å². The van der Waals surface area contributed by atoms with E-state index in [-0.39, 0.29) is 5.56 Å². The molecule has 0 fully saturated rings. The van der Waals surface area contributed by atoms with Crippen LogP contribution in [0.3, 0.4) is 0 Å². The lowest BCUT2D eigenvalue weighted by Gasteiger charge is -2.20. The van der Waals surface area contributed by atoms with Gasteiger partial charge in [0.25, 0.3) is 0 Å². The Bertz CT molecular complexity index is 2080. The minimum Gasteiger partial charge on any atom is -0.490 e. The zero-order valence-electron chi connectivity index (χ0n) is 39.2. The van der Waals surface area contributed by atoms with E-state index in [2.05, 4.69) is 58.9 Å². The SMILES string of the molecule is CCCCCCOc1cc2c3cc(OCCCCCC)c(OCCCCCC)cc3c3cc(OC(=O)c4ccc(F)cc4)c(OCCCCCC)cc3c2cc1OCCCCCC. The summed E-state index contributed by atoms with van der Waals surface area (Å²) in [6.07, 6.45) is 21.7. The van der Waals surface area contributed by atoms with E-state index >= 15 is 0 Å². The average Bonchev–Trinajstić information content (AvgIpc) is 3.29. The molecule has 0 aromatic heterocycles. The van der Waals surface area contributed by atoms with Gasteiger partial charge in [-0.15, -0.1) is 0 Å². The smallest absolute Gasteiger partial charge is 0.343 e. The summed E-state index contributed by atoms with van der Waals surface area (Å²) in [5.74, 6) is 2.59. The van der Waals surface area contributed by atoms with Crippen molar-refractivity contribution >= 4 is 38.3 Å². The molecule has 0 radical (unpaired) electrons. The first-order valence-corrected chi connectivity index (χ1v) is 24.6. The topological polar surface area (TPSA) is 72.5 Å². The number of carbonyl (C=O) groups excluding carboxylic acids is 1. The van der Waals surface area contributed by atoms with Crippen LogP contribution in [-0.2, 0) is 0 Å². The zero-order chi connectivity index (χ0) is 44.7. The highest BCUT2D eigenvalue weighted by Crippen LogP contribution is 2.47. The molecule has 0 N–H and O–H groups in total. The lowest BCUT2D eigenvalue weighted by Crippen LogP contribution is -2.10. The number of fused-ring (bicyclic) bond motifs is 6.